The number of nitrogens with one attached hydrogen (secondary N) is 1. The second kappa shape index (κ2) is 5.71. The van der Waals surface area contributed by atoms with Crippen molar-refractivity contribution in [3.05, 3.63) is 63.1 Å². The summed E-state index contributed by atoms with van der Waals surface area (Å²) >= 11 is 3.32. The van der Waals surface area contributed by atoms with Crippen LogP contribution >= 0.6 is 15.9 Å². The number of carbonyl (C=O) groups excluding carboxylic acids is 1. The fraction of sp³-hybridized carbons (Fsp3) is 0.133. The maximum atomic E-state index is 13.6. The number of hydrogen-bond donors (Lipinski definition) is 1. The van der Waals surface area contributed by atoms with Gasteiger partial charge in [-0.2, -0.15) is 0 Å². The van der Waals surface area contributed by atoms with Crippen molar-refractivity contribution in [2.75, 3.05) is 5.32 Å². The summed E-state index contributed by atoms with van der Waals surface area (Å²) in [6.45, 7) is 3.40. The minimum absolute atomic E-state index is 0.184. The molecule has 20 heavy (non-hydrogen) atoms. The molecule has 0 atom stereocenters. The zero-order valence-corrected chi connectivity index (χ0v) is 12.5. The lowest BCUT2D eigenvalue weighted by Gasteiger charge is -2.09. The summed E-state index contributed by atoms with van der Waals surface area (Å²) in [6, 6.07) is 7.29. The lowest BCUT2D eigenvalue weighted by atomic mass is 10.1. The highest BCUT2D eigenvalue weighted by molar-refractivity contribution is 9.10. The van der Waals surface area contributed by atoms with Crippen LogP contribution in [0.3, 0.4) is 0 Å². The topological polar surface area (TPSA) is 29.1 Å². The molecule has 1 amide bonds. The van der Waals surface area contributed by atoms with Crippen LogP contribution in [-0.2, 0) is 0 Å². The van der Waals surface area contributed by atoms with Crippen molar-refractivity contribution >= 4 is 27.5 Å². The van der Waals surface area contributed by atoms with Crippen molar-refractivity contribution in [2.45, 2.75) is 13.8 Å². The molecule has 0 aliphatic rings. The first-order valence-electron chi connectivity index (χ1n) is 5.91. The van der Waals surface area contributed by atoms with Crippen LogP contribution in [-0.4, -0.2) is 5.91 Å². The van der Waals surface area contributed by atoms with Gasteiger partial charge in [0.1, 0.15) is 11.6 Å². The highest BCUT2D eigenvalue weighted by atomic mass is 79.9. The molecular formula is C15H12BrF2NO. The van der Waals surface area contributed by atoms with Gasteiger partial charge in [0.2, 0.25) is 0 Å². The highest BCUT2D eigenvalue weighted by Gasteiger charge is 2.15. The SMILES string of the molecule is Cc1ccc(NC(=O)c2cc(C)c(F)cc2F)c(Br)c1. The van der Waals surface area contributed by atoms with Gasteiger partial charge in [0.05, 0.1) is 11.3 Å². The highest BCUT2D eigenvalue weighted by Crippen LogP contribution is 2.24. The maximum absolute atomic E-state index is 13.6. The van der Waals surface area contributed by atoms with Crippen LogP contribution in [0.1, 0.15) is 21.5 Å². The third kappa shape index (κ3) is 3.04. The van der Waals surface area contributed by atoms with E-state index in [0.717, 1.165) is 5.56 Å². The molecule has 0 saturated heterocycles. The van der Waals surface area contributed by atoms with Crippen molar-refractivity contribution in [3.8, 4) is 0 Å². The van der Waals surface area contributed by atoms with E-state index in [-0.39, 0.29) is 11.1 Å². The number of aryl methyl sites for hydroxylation is 2. The predicted octanol–water partition coefficient (Wildman–Crippen LogP) is 4.60. The summed E-state index contributed by atoms with van der Waals surface area (Å²) in [5.41, 5.74) is 1.59. The number of rotatable bonds is 2. The number of halogens is 3. The van der Waals surface area contributed by atoms with Gasteiger partial charge in [0.15, 0.2) is 0 Å². The average Bonchev–Trinajstić information content (AvgIpc) is 2.37. The number of hydrogen-bond acceptors (Lipinski definition) is 1. The zero-order valence-electron chi connectivity index (χ0n) is 10.9. The Morgan fingerprint density at radius 3 is 2.45 bits per heavy atom. The first-order valence-corrected chi connectivity index (χ1v) is 6.71. The van der Waals surface area contributed by atoms with Gasteiger partial charge in [-0.3, -0.25) is 4.79 Å². The van der Waals surface area contributed by atoms with Crippen LogP contribution < -0.4 is 5.32 Å². The Morgan fingerprint density at radius 1 is 1.10 bits per heavy atom. The molecule has 0 fully saturated rings. The van der Waals surface area contributed by atoms with E-state index in [9.17, 15) is 13.6 Å². The molecule has 0 spiro atoms. The van der Waals surface area contributed by atoms with Crippen LogP contribution in [0, 0.1) is 25.5 Å². The molecule has 2 aromatic rings. The van der Waals surface area contributed by atoms with Crippen molar-refractivity contribution in [2.24, 2.45) is 0 Å². The van der Waals surface area contributed by atoms with Gasteiger partial charge < -0.3 is 5.32 Å². The smallest absolute Gasteiger partial charge is 0.258 e. The van der Waals surface area contributed by atoms with Crippen LogP contribution in [0.5, 0.6) is 0 Å². The molecule has 2 rings (SSSR count). The van der Waals surface area contributed by atoms with Gasteiger partial charge in [0.25, 0.3) is 5.91 Å². The lowest BCUT2D eigenvalue weighted by Crippen LogP contribution is -2.15. The Balaban J connectivity index is 2.31. The van der Waals surface area contributed by atoms with Crippen molar-refractivity contribution in [3.63, 3.8) is 0 Å². The van der Waals surface area contributed by atoms with Crippen molar-refractivity contribution in [1.29, 1.82) is 0 Å². The minimum atomic E-state index is -0.881. The summed E-state index contributed by atoms with van der Waals surface area (Å²) in [7, 11) is 0. The molecule has 1 N–H and O–H groups in total. The van der Waals surface area contributed by atoms with Gasteiger partial charge in [0, 0.05) is 10.5 Å². The molecule has 5 heteroatoms. The summed E-state index contributed by atoms with van der Waals surface area (Å²) in [5.74, 6) is -2.17. The van der Waals surface area contributed by atoms with Crippen molar-refractivity contribution in [1.82, 2.24) is 0 Å². The molecule has 0 saturated carbocycles. The van der Waals surface area contributed by atoms with E-state index in [1.54, 1.807) is 6.07 Å². The first-order chi connectivity index (χ1) is 9.38. The van der Waals surface area contributed by atoms with E-state index in [2.05, 4.69) is 21.2 Å². The second-order valence-corrected chi connectivity index (χ2v) is 5.37. The van der Waals surface area contributed by atoms with Crippen molar-refractivity contribution < 1.29 is 13.6 Å². The molecule has 104 valence electrons. The van der Waals surface area contributed by atoms with E-state index in [4.69, 9.17) is 0 Å². The first kappa shape index (κ1) is 14.7. The molecule has 0 unspecified atom stereocenters. The van der Waals surface area contributed by atoms with Crippen LogP contribution in [0.25, 0.3) is 0 Å². The van der Waals surface area contributed by atoms with Gasteiger partial charge in [-0.25, -0.2) is 8.78 Å². The molecule has 0 aliphatic carbocycles. The fourth-order valence-corrected chi connectivity index (χ4v) is 2.33. The molecular weight excluding hydrogens is 328 g/mol. The Bertz CT molecular complexity index is 686. The summed E-state index contributed by atoms with van der Waals surface area (Å²) in [6.07, 6.45) is 0. The number of carbonyl (C=O) groups is 1. The predicted molar refractivity (Wildman–Crippen MR) is 77.9 cm³/mol. The number of benzene rings is 2. The molecule has 2 nitrogen and oxygen atoms in total. The quantitative estimate of drug-likeness (QED) is 0.851. The largest absolute Gasteiger partial charge is 0.321 e. The van der Waals surface area contributed by atoms with Gasteiger partial charge in [-0.15, -0.1) is 0 Å². The summed E-state index contributed by atoms with van der Waals surface area (Å²) in [4.78, 5) is 12.0. The second-order valence-electron chi connectivity index (χ2n) is 4.52. The molecule has 0 heterocycles. The average molecular weight is 340 g/mol. The standard InChI is InChI=1S/C15H12BrF2NO/c1-8-3-4-14(11(16)5-8)19-15(20)10-6-9(2)12(17)7-13(10)18/h3-7H,1-2H3,(H,19,20). The molecule has 0 bridgehead atoms. The van der Waals surface area contributed by atoms with E-state index in [0.29, 0.717) is 16.2 Å². The van der Waals surface area contributed by atoms with Crippen LogP contribution in [0.15, 0.2) is 34.8 Å². The number of anilines is 1. The molecule has 0 radical (unpaired) electrons. The van der Waals surface area contributed by atoms with Crippen LogP contribution in [0.2, 0.25) is 0 Å². The van der Waals surface area contributed by atoms with E-state index < -0.39 is 17.5 Å². The minimum Gasteiger partial charge on any atom is -0.321 e. The molecule has 2 aromatic carbocycles. The third-order valence-electron chi connectivity index (χ3n) is 2.87. The monoisotopic (exact) mass is 339 g/mol. The Kier molecular flexibility index (Phi) is 4.18. The Labute approximate surface area is 123 Å². The third-order valence-corrected chi connectivity index (χ3v) is 3.52. The molecule has 0 aliphatic heterocycles. The van der Waals surface area contributed by atoms with Gasteiger partial charge >= 0.3 is 0 Å². The van der Waals surface area contributed by atoms with E-state index >= 15 is 0 Å². The van der Waals surface area contributed by atoms with Crippen LogP contribution in [0.4, 0.5) is 14.5 Å². The number of amides is 1. The summed E-state index contributed by atoms with van der Waals surface area (Å²) < 4.78 is 27.5. The maximum Gasteiger partial charge on any atom is 0.258 e. The van der Waals surface area contributed by atoms with E-state index in [1.165, 1.54) is 13.0 Å². The Hall–Kier alpha value is -1.75. The van der Waals surface area contributed by atoms with Gasteiger partial charge in [-0.1, -0.05) is 6.07 Å². The van der Waals surface area contributed by atoms with Gasteiger partial charge in [-0.05, 0) is 59.1 Å². The zero-order chi connectivity index (χ0) is 14.9. The molecule has 0 aromatic heterocycles. The lowest BCUT2D eigenvalue weighted by molar-refractivity contribution is 0.102. The normalized spacial score (nSPS) is 10.4. The Morgan fingerprint density at radius 2 is 1.80 bits per heavy atom. The fourth-order valence-electron chi connectivity index (χ4n) is 1.74. The summed E-state index contributed by atoms with van der Waals surface area (Å²) in [5, 5.41) is 2.59. The van der Waals surface area contributed by atoms with E-state index in [1.807, 2.05) is 19.1 Å².